The summed E-state index contributed by atoms with van der Waals surface area (Å²) < 4.78 is 21.2. The van der Waals surface area contributed by atoms with E-state index in [0.29, 0.717) is 0 Å². The van der Waals surface area contributed by atoms with Crippen LogP contribution in [0.15, 0.2) is 0 Å². The molecule has 11 nitrogen and oxygen atoms in total. The summed E-state index contributed by atoms with van der Waals surface area (Å²) in [5.74, 6) is -2.43. The Morgan fingerprint density at radius 2 is 1.59 bits per heavy atom. The number of amides is 1. The average molecular weight is 405 g/mol. The molecule has 12 heteroatoms. The summed E-state index contributed by atoms with van der Waals surface area (Å²) >= 11 is 0.767. The molecule has 1 heterocycles. The molecule has 0 aromatic heterocycles. The Hall–Kier alpha value is -2.34. The van der Waals surface area contributed by atoms with Crippen LogP contribution in [0.4, 0.5) is 0 Å². The summed E-state index contributed by atoms with van der Waals surface area (Å²) in [6.45, 7) is 4.44. The normalized spacial score (nSPS) is 27.2. The molecule has 0 radical (unpaired) electrons. The number of nitrogens with two attached hydrogens (primary N) is 1. The summed E-state index contributed by atoms with van der Waals surface area (Å²) in [7, 11) is 0. The second kappa shape index (κ2) is 10.1. The Morgan fingerprint density at radius 3 is 2.04 bits per heavy atom. The van der Waals surface area contributed by atoms with Crippen LogP contribution < -0.4 is 11.1 Å². The molecule has 0 saturated carbocycles. The number of carbonyl (C=O) groups is 4. The molecule has 1 saturated heterocycles. The van der Waals surface area contributed by atoms with Crippen molar-refractivity contribution in [2.24, 2.45) is 5.73 Å². The van der Waals surface area contributed by atoms with Crippen LogP contribution in [0.25, 0.3) is 0 Å². The predicted molar refractivity (Wildman–Crippen MR) is 93.5 cm³/mol. The predicted octanol–water partition coefficient (Wildman–Crippen LogP) is -0.731. The van der Waals surface area contributed by atoms with Gasteiger partial charge in [0.25, 0.3) is 0 Å². The summed E-state index contributed by atoms with van der Waals surface area (Å²) in [5.41, 5.74) is 4.47. The zero-order valence-corrected chi connectivity index (χ0v) is 16.2. The maximum Gasteiger partial charge on any atom is 0.303 e. The van der Waals surface area contributed by atoms with Crippen LogP contribution in [-0.2, 0) is 38.1 Å². The topological polar surface area (TPSA) is 167 Å². The van der Waals surface area contributed by atoms with Crippen molar-refractivity contribution >= 4 is 40.7 Å². The van der Waals surface area contributed by atoms with Gasteiger partial charge in [0, 0.05) is 27.7 Å². The minimum atomic E-state index is -1.16. The molecule has 27 heavy (non-hydrogen) atoms. The van der Waals surface area contributed by atoms with E-state index in [0.717, 1.165) is 25.6 Å². The highest BCUT2D eigenvalue weighted by Gasteiger charge is 2.51. The number of ether oxygens (including phenoxy) is 4. The highest BCUT2D eigenvalue weighted by atomic mass is 32.2. The third-order valence-corrected chi connectivity index (χ3v) is 4.20. The van der Waals surface area contributed by atoms with Gasteiger partial charge in [0.2, 0.25) is 5.91 Å². The Balaban J connectivity index is 3.29. The summed E-state index contributed by atoms with van der Waals surface area (Å²) in [6.07, 6.45) is -3.32. The molecule has 1 amide bonds. The second-order valence-corrected chi connectivity index (χ2v) is 6.84. The zero-order valence-electron chi connectivity index (χ0n) is 15.3. The van der Waals surface area contributed by atoms with E-state index < -0.39 is 53.6 Å². The molecule has 1 aliphatic heterocycles. The molecular formula is C15H23N3O8S. The number of hydrogen-bond donors (Lipinski definition) is 3. The first-order valence-electron chi connectivity index (χ1n) is 7.92. The van der Waals surface area contributed by atoms with Crippen molar-refractivity contribution < 1.29 is 38.1 Å². The van der Waals surface area contributed by atoms with Crippen LogP contribution in [0.2, 0.25) is 0 Å². The van der Waals surface area contributed by atoms with E-state index in [1.54, 1.807) is 0 Å². The van der Waals surface area contributed by atoms with Crippen LogP contribution in [0.3, 0.4) is 0 Å². The lowest BCUT2D eigenvalue weighted by Gasteiger charge is -2.44. The number of thioether (sulfide) groups is 1. The minimum absolute atomic E-state index is 0.299. The van der Waals surface area contributed by atoms with Crippen LogP contribution in [0, 0.1) is 5.41 Å². The fourth-order valence-corrected chi connectivity index (χ4v) is 3.33. The maximum absolute atomic E-state index is 11.6. The number of amidine groups is 1. The lowest BCUT2D eigenvalue weighted by Crippen LogP contribution is -2.65. The van der Waals surface area contributed by atoms with Gasteiger partial charge >= 0.3 is 17.9 Å². The molecule has 5 atom stereocenters. The SMILES string of the molecule is CC(=O)N[C@@H]1[C@@H](OC(C)=O)[C@H](OC(C)=O)[C@@H](COC(C)=O)O[C@H]1SC(=N)N. The monoisotopic (exact) mass is 405 g/mol. The van der Waals surface area contributed by atoms with E-state index in [9.17, 15) is 19.2 Å². The fraction of sp³-hybridized carbons (Fsp3) is 0.667. The lowest BCUT2D eigenvalue weighted by atomic mass is 9.97. The third kappa shape index (κ3) is 7.43. The fourth-order valence-electron chi connectivity index (χ4n) is 2.52. The van der Waals surface area contributed by atoms with Crippen molar-refractivity contribution in [3.8, 4) is 0 Å². The molecule has 0 aromatic carbocycles. The van der Waals surface area contributed by atoms with Gasteiger partial charge in [0.15, 0.2) is 17.4 Å². The lowest BCUT2D eigenvalue weighted by molar-refractivity contribution is -0.211. The first kappa shape index (κ1) is 22.7. The third-order valence-electron chi connectivity index (χ3n) is 3.31. The van der Waals surface area contributed by atoms with Gasteiger partial charge in [-0.1, -0.05) is 11.8 Å². The number of esters is 3. The maximum atomic E-state index is 11.6. The summed E-state index contributed by atoms with van der Waals surface area (Å²) in [5, 5.41) is 9.74. The molecule has 152 valence electrons. The van der Waals surface area contributed by atoms with Gasteiger partial charge in [-0.3, -0.25) is 24.6 Å². The van der Waals surface area contributed by atoms with E-state index in [4.69, 9.17) is 30.1 Å². The molecule has 1 aliphatic rings. The average Bonchev–Trinajstić information content (AvgIpc) is 2.49. The van der Waals surface area contributed by atoms with E-state index in [2.05, 4.69) is 5.32 Å². The molecule has 0 aromatic rings. The Bertz CT molecular complexity index is 614. The Kier molecular flexibility index (Phi) is 8.50. The zero-order chi connectivity index (χ0) is 20.7. The minimum Gasteiger partial charge on any atom is -0.463 e. The van der Waals surface area contributed by atoms with Gasteiger partial charge in [0.1, 0.15) is 24.2 Å². The number of carbonyl (C=O) groups excluding carboxylic acids is 4. The van der Waals surface area contributed by atoms with Crippen LogP contribution in [0.5, 0.6) is 0 Å². The van der Waals surface area contributed by atoms with Gasteiger partial charge in [0.05, 0.1) is 0 Å². The highest BCUT2D eigenvalue weighted by molar-refractivity contribution is 8.14. The molecule has 4 N–H and O–H groups in total. The molecular weight excluding hydrogens is 382 g/mol. The van der Waals surface area contributed by atoms with E-state index in [1.165, 1.54) is 13.8 Å². The molecule has 0 aliphatic carbocycles. The van der Waals surface area contributed by atoms with Gasteiger partial charge in [-0.2, -0.15) is 0 Å². The van der Waals surface area contributed by atoms with Crippen molar-refractivity contribution in [2.75, 3.05) is 6.61 Å². The van der Waals surface area contributed by atoms with E-state index in [-0.39, 0.29) is 11.8 Å². The Labute approximate surface area is 160 Å². The van der Waals surface area contributed by atoms with Crippen molar-refractivity contribution in [1.29, 1.82) is 5.41 Å². The highest BCUT2D eigenvalue weighted by Crippen LogP contribution is 2.32. The molecule has 0 unspecified atom stereocenters. The summed E-state index contributed by atoms with van der Waals surface area (Å²) in [4.78, 5) is 45.9. The van der Waals surface area contributed by atoms with Crippen LogP contribution >= 0.6 is 11.8 Å². The van der Waals surface area contributed by atoms with Crippen LogP contribution in [-0.4, -0.2) is 65.4 Å². The second-order valence-electron chi connectivity index (χ2n) is 5.70. The quantitative estimate of drug-likeness (QED) is 0.222. The van der Waals surface area contributed by atoms with Crippen LogP contribution in [0.1, 0.15) is 27.7 Å². The van der Waals surface area contributed by atoms with Crippen molar-refractivity contribution in [3.05, 3.63) is 0 Å². The van der Waals surface area contributed by atoms with E-state index >= 15 is 0 Å². The molecule has 1 rings (SSSR count). The molecule has 0 spiro atoms. The number of hydrogen-bond acceptors (Lipinski definition) is 10. The number of rotatable bonds is 6. The van der Waals surface area contributed by atoms with Gasteiger partial charge < -0.3 is 30.0 Å². The molecule has 0 bridgehead atoms. The molecule has 1 fully saturated rings. The Morgan fingerprint density at radius 1 is 1.04 bits per heavy atom. The first-order valence-corrected chi connectivity index (χ1v) is 8.80. The van der Waals surface area contributed by atoms with Crippen molar-refractivity contribution in [1.82, 2.24) is 5.32 Å². The number of nitrogens with one attached hydrogen (secondary N) is 2. The van der Waals surface area contributed by atoms with E-state index in [1.807, 2.05) is 0 Å². The smallest absolute Gasteiger partial charge is 0.303 e. The van der Waals surface area contributed by atoms with Gasteiger partial charge in [-0.15, -0.1) is 0 Å². The summed E-state index contributed by atoms with van der Waals surface area (Å²) in [6, 6.07) is -0.974. The van der Waals surface area contributed by atoms with Crippen molar-refractivity contribution in [2.45, 2.75) is 57.5 Å². The largest absolute Gasteiger partial charge is 0.463 e. The standard InChI is InChI=1S/C15H23N3O8S/c1-6(19)18-11-13(25-9(4)22)12(24-8(3)21)10(5-23-7(2)20)26-14(11)27-15(16)17/h10-14H,5H2,1-4H3,(H3,16,17)(H,18,19)/t10-,11-,12-,13-,14+/m1/s1. The van der Waals surface area contributed by atoms with Crippen molar-refractivity contribution in [3.63, 3.8) is 0 Å². The first-order chi connectivity index (χ1) is 12.5. The van der Waals surface area contributed by atoms with Gasteiger partial charge in [-0.25, -0.2) is 0 Å². The van der Waals surface area contributed by atoms with Gasteiger partial charge in [-0.05, 0) is 0 Å².